The van der Waals surface area contributed by atoms with Crippen molar-refractivity contribution in [2.24, 2.45) is 5.92 Å². The lowest BCUT2D eigenvalue weighted by molar-refractivity contribution is 0.0972. The van der Waals surface area contributed by atoms with E-state index in [-0.39, 0.29) is 0 Å². The molecule has 2 aliphatic rings. The Morgan fingerprint density at radius 1 is 1.19 bits per heavy atom. The zero-order valence-electron chi connectivity index (χ0n) is 14.8. The topological polar surface area (TPSA) is 18.5 Å². The summed E-state index contributed by atoms with van der Waals surface area (Å²) in [4.78, 5) is 5.36. The molecule has 1 saturated heterocycles. The average molecular weight is 296 g/mol. The highest BCUT2D eigenvalue weighted by molar-refractivity contribution is 4.91. The van der Waals surface area contributed by atoms with Crippen LogP contribution in [-0.2, 0) is 0 Å². The maximum absolute atomic E-state index is 3.82. The standard InChI is InChI=1S/C18H37N3/c1-5-11-19-17-10-9-15(3)13-18(17)20(4)14-16-8-7-12-21(16)6-2/h15-19H,5-14H2,1-4H3. The Morgan fingerprint density at radius 3 is 2.71 bits per heavy atom. The fourth-order valence-electron chi connectivity index (χ4n) is 4.39. The predicted molar refractivity (Wildman–Crippen MR) is 91.8 cm³/mol. The van der Waals surface area contributed by atoms with Gasteiger partial charge in [0.05, 0.1) is 0 Å². The molecular weight excluding hydrogens is 258 g/mol. The first-order chi connectivity index (χ1) is 10.2. The van der Waals surface area contributed by atoms with Crippen LogP contribution in [0.2, 0.25) is 0 Å². The minimum absolute atomic E-state index is 0.711. The third-order valence-electron chi connectivity index (χ3n) is 5.71. The molecule has 0 spiro atoms. The van der Waals surface area contributed by atoms with Crippen LogP contribution in [0, 0.1) is 5.92 Å². The summed E-state index contributed by atoms with van der Waals surface area (Å²) in [6, 6.07) is 2.24. The molecule has 21 heavy (non-hydrogen) atoms. The molecular formula is C18H37N3. The van der Waals surface area contributed by atoms with Crippen molar-refractivity contribution < 1.29 is 0 Å². The Hall–Kier alpha value is -0.120. The Kier molecular flexibility index (Phi) is 6.97. The predicted octanol–water partition coefficient (Wildman–Crippen LogP) is 2.96. The monoisotopic (exact) mass is 295 g/mol. The first kappa shape index (κ1) is 17.2. The van der Waals surface area contributed by atoms with Gasteiger partial charge >= 0.3 is 0 Å². The summed E-state index contributed by atoms with van der Waals surface area (Å²) in [5.41, 5.74) is 0. The fraction of sp³-hybridized carbons (Fsp3) is 1.00. The molecule has 0 amide bonds. The van der Waals surface area contributed by atoms with Crippen LogP contribution in [-0.4, -0.2) is 61.2 Å². The molecule has 3 nitrogen and oxygen atoms in total. The van der Waals surface area contributed by atoms with E-state index in [1.807, 2.05) is 0 Å². The maximum Gasteiger partial charge on any atom is 0.0249 e. The molecule has 4 atom stereocenters. The van der Waals surface area contributed by atoms with E-state index in [4.69, 9.17) is 0 Å². The van der Waals surface area contributed by atoms with Gasteiger partial charge in [-0.15, -0.1) is 0 Å². The molecule has 2 fully saturated rings. The third-order valence-corrected chi connectivity index (χ3v) is 5.71. The highest BCUT2D eigenvalue weighted by atomic mass is 15.2. The van der Waals surface area contributed by atoms with Crippen LogP contribution >= 0.6 is 0 Å². The zero-order valence-corrected chi connectivity index (χ0v) is 14.8. The Labute approximate surface area is 132 Å². The molecule has 1 heterocycles. The summed E-state index contributed by atoms with van der Waals surface area (Å²) in [7, 11) is 2.37. The first-order valence-electron chi connectivity index (χ1n) is 9.33. The van der Waals surface area contributed by atoms with Gasteiger partial charge in [0, 0.05) is 24.7 Å². The van der Waals surface area contributed by atoms with E-state index in [9.17, 15) is 0 Å². The first-order valence-corrected chi connectivity index (χ1v) is 9.33. The van der Waals surface area contributed by atoms with Crippen LogP contribution in [0.5, 0.6) is 0 Å². The summed E-state index contributed by atoms with van der Waals surface area (Å²) < 4.78 is 0. The van der Waals surface area contributed by atoms with E-state index >= 15 is 0 Å². The molecule has 1 aliphatic carbocycles. The smallest absolute Gasteiger partial charge is 0.0249 e. The van der Waals surface area contributed by atoms with Crippen molar-refractivity contribution in [1.29, 1.82) is 0 Å². The van der Waals surface area contributed by atoms with Gasteiger partial charge in [-0.2, -0.15) is 0 Å². The van der Waals surface area contributed by atoms with Crippen molar-refractivity contribution >= 4 is 0 Å². The van der Waals surface area contributed by atoms with Crippen molar-refractivity contribution in [3.63, 3.8) is 0 Å². The van der Waals surface area contributed by atoms with E-state index in [1.54, 1.807) is 0 Å². The second-order valence-corrected chi connectivity index (χ2v) is 7.41. The van der Waals surface area contributed by atoms with Crippen molar-refractivity contribution in [3.8, 4) is 0 Å². The fourth-order valence-corrected chi connectivity index (χ4v) is 4.39. The Morgan fingerprint density at radius 2 is 2.00 bits per heavy atom. The van der Waals surface area contributed by atoms with Gasteiger partial charge in [0.15, 0.2) is 0 Å². The van der Waals surface area contributed by atoms with Crippen LogP contribution in [0.15, 0.2) is 0 Å². The van der Waals surface area contributed by atoms with Crippen LogP contribution < -0.4 is 5.32 Å². The van der Waals surface area contributed by atoms with Gasteiger partial charge in [-0.3, -0.25) is 4.90 Å². The number of likely N-dealkylation sites (tertiary alicyclic amines) is 1. The number of likely N-dealkylation sites (N-methyl/N-ethyl adjacent to an activating group) is 2. The number of nitrogens with one attached hydrogen (secondary N) is 1. The van der Waals surface area contributed by atoms with Crippen molar-refractivity contribution in [3.05, 3.63) is 0 Å². The second-order valence-electron chi connectivity index (χ2n) is 7.41. The molecule has 2 rings (SSSR count). The largest absolute Gasteiger partial charge is 0.312 e. The lowest BCUT2D eigenvalue weighted by Gasteiger charge is -2.42. The maximum atomic E-state index is 3.82. The van der Waals surface area contributed by atoms with Gasteiger partial charge in [-0.05, 0) is 71.1 Å². The number of hydrogen-bond donors (Lipinski definition) is 1. The van der Waals surface area contributed by atoms with Gasteiger partial charge in [0.1, 0.15) is 0 Å². The number of hydrogen-bond acceptors (Lipinski definition) is 3. The van der Waals surface area contributed by atoms with E-state index in [0.717, 1.165) is 18.0 Å². The second kappa shape index (κ2) is 8.50. The normalized spacial score (nSPS) is 34.7. The molecule has 1 aliphatic heterocycles. The van der Waals surface area contributed by atoms with E-state index in [1.165, 1.54) is 64.7 Å². The zero-order chi connectivity index (χ0) is 15.2. The van der Waals surface area contributed by atoms with Gasteiger partial charge < -0.3 is 10.2 Å². The number of rotatable bonds is 7. The van der Waals surface area contributed by atoms with Gasteiger partial charge in [-0.25, -0.2) is 0 Å². The molecule has 3 heteroatoms. The van der Waals surface area contributed by atoms with Gasteiger partial charge in [0.25, 0.3) is 0 Å². The molecule has 1 saturated carbocycles. The molecule has 0 aromatic heterocycles. The summed E-state index contributed by atoms with van der Waals surface area (Å²) in [6.07, 6.45) is 8.17. The van der Waals surface area contributed by atoms with Crippen molar-refractivity contribution in [1.82, 2.24) is 15.1 Å². The SMILES string of the molecule is CCCNC1CCC(C)CC1N(C)CC1CCCN1CC. The van der Waals surface area contributed by atoms with Crippen LogP contribution in [0.25, 0.3) is 0 Å². The minimum Gasteiger partial charge on any atom is -0.312 e. The number of nitrogens with zero attached hydrogens (tertiary/aromatic N) is 2. The van der Waals surface area contributed by atoms with Crippen molar-refractivity contribution in [2.45, 2.75) is 77.4 Å². The molecule has 0 aromatic carbocycles. The quantitative estimate of drug-likeness (QED) is 0.779. The summed E-state index contributed by atoms with van der Waals surface area (Å²) >= 11 is 0. The van der Waals surface area contributed by atoms with Gasteiger partial charge in [0.2, 0.25) is 0 Å². The van der Waals surface area contributed by atoms with Crippen LogP contribution in [0.4, 0.5) is 0 Å². The van der Waals surface area contributed by atoms with E-state index < -0.39 is 0 Å². The summed E-state index contributed by atoms with van der Waals surface area (Å²) in [5.74, 6) is 0.892. The molecule has 0 radical (unpaired) electrons. The molecule has 4 unspecified atom stereocenters. The molecule has 0 aromatic rings. The molecule has 0 bridgehead atoms. The molecule has 124 valence electrons. The minimum atomic E-state index is 0.711. The Bertz CT molecular complexity index is 292. The van der Waals surface area contributed by atoms with Gasteiger partial charge in [-0.1, -0.05) is 20.8 Å². The highest BCUT2D eigenvalue weighted by Gasteiger charge is 2.33. The molecule has 1 N–H and O–H groups in total. The summed E-state index contributed by atoms with van der Waals surface area (Å²) in [5, 5.41) is 3.82. The lowest BCUT2D eigenvalue weighted by atomic mass is 9.82. The van der Waals surface area contributed by atoms with Crippen LogP contribution in [0.1, 0.15) is 59.3 Å². The summed E-state index contributed by atoms with van der Waals surface area (Å²) in [6.45, 7) is 12.0. The van der Waals surface area contributed by atoms with Crippen LogP contribution in [0.3, 0.4) is 0 Å². The average Bonchev–Trinajstić information content (AvgIpc) is 2.93. The Balaban J connectivity index is 1.91. The van der Waals surface area contributed by atoms with E-state index in [0.29, 0.717) is 6.04 Å². The third kappa shape index (κ3) is 4.67. The lowest BCUT2D eigenvalue weighted by Crippen LogP contribution is -2.54. The van der Waals surface area contributed by atoms with E-state index in [2.05, 4.69) is 42.9 Å². The highest BCUT2D eigenvalue weighted by Crippen LogP contribution is 2.28. The van der Waals surface area contributed by atoms with Crippen molar-refractivity contribution in [2.75, 3.05) is 33.2 Å².